The summed E-state index contributed by atoms with van der Waals surface area (Å²) in [5.74, 6) is 1.14. The summed E-state index contributed by atoms with van der Waals surface area (Å²) in [6.07, 6.45) is 2.31. The van der Waals surface area contributed by atoms with Crippen molar-refractivity contribution in [1.29, 1.82) is 0 Å². The first-order chi connectivity index (χ1) is 16.6. The number of hydrogen-bond acceptors (Lipinski definition) is 7. The zero-order chi connectivity index (χ0) is 24.3. The van der Waals surface area contributed by atoms with Gasteiger partial charge in [-0.05, 0) is 57.9 Å². The van der Waals surface area contributed by atoms with Crippen LogP contribution >= 0.6 is 11.8 Å². The molecule has 0 spiro atoms. The van der Waals surface area contributed by atoms with E-state index in [9.17, 15) is 9.59 Å². The number of ether oxygens (including phenoxy) is 4. The van der Waals surface area contributed by atoms with E-state index in [0.717, 1.165) is 30.1 Å². The van der Waals surface area contributed by atoms with E-state index in [-0.39, 0.29) is 11.7 Å². The van der Waals surface area contributed by atoms with Gasteiger partial charge in [0.25, 0.3) is 11.8 Å². The maximum Gasteiger partial charge on any atom is 0.270 e. The van der Waals surface area contributed by atoms with Crippen LogP contribution in [0.25, 0.3) is 0 Å². The van der Waals surface area contributed by atoms with Crippen molar-refractivity contribution in [2.75, 3.05) is 32.2 Å². The summed E-state index contributed by atoms with van der Waals surface area (Å²) in [6.45, 7) is 7.56. The second kappa shape index (κ2) is 13.1. The van der Waals surface area contributed by atoms with E-state index >= 15 is 0 Å². The molecule has 2 aromatic rings. The molecule has 1 aliphatic rings. The van der Waals surface area contributed by atoms with Crippen LogP contribution in [0.15, 0.2) is 41.3 Å². The summed E-state index contributed by atoms with van der Waals surface area (Å²) in [5, 5.41) is 0. The van der Waals surface area contributed by atoms with Crippen molar-refractivity contribution < 1.29 is 28.5 Å². The topological polar surface area (TPSA) is 95.1 Å². The summed E-state index contributed by atoms with van der Waals surface area (Å²) >= 11 is 1.58. The Labute approximate surface area is 204 Å². The maximum absolute atomic E-state index is 12.8. The normalized spacial score (nSPS) is 15.0. The van der Waals surface area contributed by atoms with Crippen LogP contribution in [-0.2, 0) is 4.74 Å². The maximum atomic E-state index is 12.8. The molecule has 2 amide bonds. The van der Waals surface area contributed by atoms with Gasteiger partial charge >= 0.3 is 0 Å². The van der Waals surface area contributed by atoms with Gasteiger partial charge in [-0.25, -0.2) is 0 Å². The molecule has 2 aromatic carbocycles. The highest BCUT2D eigenvalue weighted by Crippen LogP contribution is 2.39. The van der Waals surface area contributed by atoms with Crippen LogP contribution in [0.2, 0.25) is 0 Å². The number of hydrogen-bond donors (Lipinski definition) is 2. The number of nitrogens with one attached hydrogen (secondary N) is 2. The second-order valence-corrected chi connectivity index (χ2v) is 8.51. The van der Waals surface area contributed by atoms with Crippen molar-refractivity contribution in [2.45, 2.75) is 44.6 Å². The molecule has 1 unspecified atom stereocenters. The summed E-state index contributed by atoms with van der Waals surface area (Å²) in [4.78, 5) is 26.5. The van der Waals surface area contributed by atoms with Crippen molar-refractivity contribution in [3.05, 3.63) is 47.5 Å². The monoisotopic (exact) mass is 488 g/mol. The van der Waals surface area contributed by atoms with Gasteiger partial charge in [0.15, 0.2) is 11.5 Å². The smallest absolute Gasteiger partial charge is 0.270 e. The Morgan fingerprint density at radius 1 is 0.971 bits per heavy atom. The van der Waals surface area contributed by atoms with Crippen LogP contribution in [0, 0.1) is 0 Å². The molecule has 3 rings (SSSR count). The van der Waals surface area contributed by atoms with Crippen LogP contribution in [0.1, 0.15) is 54.3 Å². The van der Waals surface area contributed by atoms with Crippen LogP contribution in [0.5, 0.6) is 17.2 Å². The third-order valence-corrected chi connectivity index (χ3v) is 6.25. The molecule has 9 heteroatoms. The minimum Gasteiger partial charge on any atom is -0.490 e. The van der Waals surface area contributed by atoms with E-state index in [4.69, 9.17) is 18.9 Å². The number of benzene rings is 2. The van der Waals surface area contributed by atoms with Gasteiger partial charge in [-0.15, -0.1) is 11.8 Å². The third kappa shape index (κ3) is 6.80. The van der Waals surface area contributed by atoms with Crippen molar-refractivity contribution in [3.8, 4) is 17.2 Å². The minimum absolute atomic E-state index is 0.208. The molecule has 0 saturated carbocycles. The number of thioether (sulfide) groups is 1. The minimum atomic E-state index is -0.497. The first kappa shape index (κ1) is 25.7. The molecule has 184 valence electrons. The quantitative estimate of drug-likeness (QED) is 0.361. The zero-order valence-electron chi connectivity index (χ0n) is 19.8. The van der Waals surface area contributed by atoms with Crippen LogP contribution in [0.3, 0.4) is 0 Å². The number of hydrazine groups is 1. The van der Waals surface area contributed by atoms with Gasteiger partial charge in [0.2, 0.25) is 5.75 Å². The molecule has 1 aliphatic heterocycles. The zero-order valence-corrected chi connectivity index (χ0v) is 20.7. The van der Waals surface area contributed by atoms with Gasteiger partial charge in [-0.1, -0.05) is 12.1 Å². The molecule has 1 heterocycles. The lowest BCUT2D eigenvalue weighted by Gasteiger charge is -2.17. The predicted molar refractivity (Wildman–Crippen MR) is 131 cm³/mol. The highest BCUT2D eigenvalue weighted by Gasteiger charge is 2.20. The van der Waals surface area contributed by atoms with Crippen LogP contribution in [0.4, 0.5) is 0 Å². The Kier molecular flexibility index (Phi) is 9.90. The van der Waals surface area contributed by atoms with E-state index in [1.807, 2.05) is 32.9 Å². The van der Waals surface area contributed by atoms with Crippen LogP contribution < -0.4 is 25.1 Å². The molecular weight excluding hydrogens is 456 g/mol. The molecule has 1 atom stereocenters. The predicted octanol–water partition coefficient (Wildman–Crippen LogP) is 4.23. The molecule has 0 aliphatic carbocycles. The average molecular weight is 489 g/mol. The van der Waals surface area contributed by atoms with Crippen molar-refractivity contribution >= 4 is 23.6 Å². The molecule has 0 radical (unpaired) electrons. The summed E-state index contributed by atoms with van der Waals surface area (Å²) in [7, 11) is 0. The van der Waals surface area contributed by atoms with E-state index in [0.29, 0.717) is 42.6 Å². The fourth-order valence-corrected chi connectivity index (χ4v) is 4.63. The Balaban J connectivity index is 1.70. The second-order valence-electron chi connectivity index (χ2n) is 7.45. The summed E-state index contributed by atoms with van der Waals surface area (Å²) < 4.78 is 22.7. The number of carbonyl (C=O) groups excluding carboxylic acids is 2. The first-order valence-electron chi connectivity index (χ1n) is 11.6. The average Bonchev–Trinajstić information content (AvgIpc) is 3.37. The fourth-order valence-electron chi connectivity index (χ4n) is 3.51. The lowest BCUT2D eigenvalue weighted by Crippen LogP contribution is -2.41. The summed E-state index contributed by atoms with van der Waals surface area (Å²) in [5.41, 5.74) is 5.76. The number of rotatable bonds is 11. The van der Waals surface area contributed by atoms with E-state index < -0.39 is 11.8 Å². The molecule has 8 nitrogen and oxygen atoms in total. The molecule has 1 fully saturated rings. The van der Waals surface area contributed by atoms with Gasteiger partial charge in [0.05, 0.1) is 31.5 Å². The van der Waals surface area contributed by atoms with Gasteiger partial charge in [-0.2, -0.15) is 0 Å². The number of amides is 2. The largest absolute Gasteiger partial charge is 0.490 e. The van der Waals surface area contributed by atoms with Crippen molar-refractivity contribution in [3.63, 3.8) is 0 Å². The van der Waals surface area contributed by atoms with Gasteiger partial charge in [0.1, 0.15) is 0 Å². The van der Waals surface area contributed by atoms with E-state index in [2.05, 4.69) is 10.9 Å². The van der Waals surface area contributed by atoms with Crippen molar-refractivity contribution in [2.24, 2.45) is 0 Å². The Morgan fingerprint density at radius 2 is 1.62 bits per heavy atom. The molecule has 0 aromatic heterocycles. The Hall–Kier alpha value is -2.91. The lowest BCUT2D eigenvalue weighted by atomic mass is 10.1. The first-order valence-corrected chi connectivity index (χ1v) is 12.6. The van der Waals surface area contributed by atoms with Crippen LogP contribution in [-0.4, -0.2) is 50.1 Å². The molecule has 1 saturated heterocycles. The van der Waals surface area contributed by atoms with E-state index in [1.54, 1.807) is 36.0 Å². The SMILES string of the molecule is CCOc1cc(C(=O)NNC(=O)c2ccccc2SCC2CCCO2)cc(OCC)c1OCC. The van der Waals surface area contributed by atoms with E-state index in [1.165, 1.54) is 0 Å². The Bertz CT molecular complexity index is 951. The lowest BCUT2D eigenvalue weighted by molar-refractivity contribution is 0.0844. The summed E-state index contributed by atoms with van der Waals surface area (Å²) in [6, 6.07) is 10.5. The fraction of sp³-hybridized carbons (Fsp3) is 0.440. The van der Waals surface area contributed by atoms with Gasteiger partial charge in [-0.3, -0.25) is 20.4 Å². The van der Waals surface area contributed by atoms with Crippen molar-refractivity contribution in [1.82, 2.24) is 10.9 Å². The highest BCUT2D eigenvalue weighted by molar-refractivity contribution is 7.99. The molecule has 2 N–H and O–H groups in total. The Morgan fingerprint density at radius 3 is 2.24 bits per heavy atom. The highest BCUT2D eigenvalue weighted by atomic mass is 32.2. The molecule has 0 bridgehead atoms. The standard InChI is InChI=1S/C25H32N2O6S/c1-4-30-20-14-17(15-21(31-5-2)23(20)32-6-3)24(28)26-27-25(29)19-11-7-8-12-22(19)34-16-18-10-9-13-33-18/h7-8,11-12,14-15,18H,4-6,9-10,13,16H2,1-3H3,(H,26,28)(H,27,29). The third-order valence-electron chi connectivity index (χ3n) is 5.04. The molecule has 34 heavy (non-hydrogen) atoms. The van der Waals surface area contributed by atoms with Gasteiger partial charge in [0, 0.05) is 22.8 Å². The van der Waals surface area contributed by atoms with Gasteiger partial charge < -0.3 is 18.9 Å². The molecular formula is C25H32N2O6S. The number of carbonyl (C=O) groups is 2.